The zero-order chi connectivity index (χ0) is 11.0. The quantitative estimate of drug-likeness (QED) is 0.660. The average molecular weight is 209 g/mol. The van der Waals surface area contributed by atoms with Crippen molar-refractivity contribution in [1.82, 2.24) is 0 Å². The Morgan fingerprint density at radius 2 is 2.20 bits per heavy atom. The van der Waals surface area contributed by atoms with Crippen molar-refractivity contribution < 1.29 is 9.18 Å². The van der Waals surface area contributed by atoms with Gasteiger partial charge in [-0.15, -0.1) is 0 Å². The minimum absolute atomic E-state index is 0.0687. The average Bonchev–Trinajstić information content (AvgIpc) is 2.45. The van der Waals surface area contributed by atoms with Crippen LogP contribution in [0.15, 0.2) is 18.2 Å². The van der Waals surface area contributed by atoms with E-state index in [2.05, 4.69) is 0 Å². The molecule has 4 N–H and O–H groups in total. The molecular weight excluding hydrogens is 197 g/mol. The highest BCUT2D eigenvalue weighted by Gasteiger charge is 2.29. The van der Waals surface area contributed by atoms with Gasteiger partial charge in [-0.3, -0.25) is 4.79 Å². The molecule has 1 unspecified atom stereocenters. The van der Waals surface area contributed by atoms with E-state index in [1.807, 2.05) is 0 Å². The van der Waals surface area contributed by atoms with Gasteiger partial charge in [0.25, 0.3) is 0 Å². The van der Waals surface area contributed by atoms with E-state index in [4.69, 9.17) is 11.5 Å². The van der Waals surface area contributed by atoms with E-state index >= 15 is 0 Å². The molecule has 15 heavy (non-hydrogen) atoms. The van der Waals surface area contributed by atoms with Gasteiger partial charge in [0.2, 0.25) is 5.91 Å². The molecule has 1 aromatic carbocycles. The van der Waals surface area contributed by atoms with Crippen LogP contribution in [-0.4, -0.2) is 18.5 Å². The van der Waals surface area contributed by atoms with Gasteiger partial charge < -0.3 is 16.4 Å². The highest BCUT2D eigenvalue weighted by Crippen LogP contribution is 2.27. The molecule has 0 spiro atoms. The van der Waals surface area contributed by atoms with Crippen molar-refractivity contribution in [3.8, 4) is 0 Å². The summed E-state index contributed by atoms with van der Waals surface area (Å²) in [5.41, 5.74) is 12.1. The standard InChI is InChI=1S/C10H12FN3O/c11-6-1-2-9(8(13)3-6)14-5-7(12)4-10(14)15/h1-3,7H,4-5,12-13H2. The topological polar surface area (TPSA) is 72.3 Å². The Hall–Kier alpha value is -1.62. The number of hydrogen-bond acceptors (Lipinski definition) is 3. The first-order valence-corrected chi connectivity index (χ1v) is 4.69. The largest absolute Gasteiger partial charge is 0.397 e. The summed E-state index contributed by atoms with van der Waals surface area (Å²) in [6.07, 6.45) is 0.316. The summed E-state index contributed by atoms with van der Waals surface area (Å²) in [7, 11) is 0. The van der Waals surface area contributed by atoms with E-state index in [-0.39, 0.29) is 17.6 Å². The second kappa shape index (κ2) is 3.51. The van der Waals surface area contributed by atoms with Crippen LogP contribution in [0, 0.1) is 5.82 Å². The fourth-order valence-corrected chi connectivity index (χ4v) is 1.74. The highest BCUT2D eigenvalue weighted by atomic mass is 19.1. The highest BCUT2D eigenvalue weighted by molar-refractivity contribution is 5.98. The van der Waals surface area contributed by atoms with Gasteiger partial charge in [0.05, 0.1) is 11.4 Å². The van der Waals surface area contributed by atoms with Crippen molar-refractivity contribution in [3.63, 3.8) is 0 Å². The van der Waals surface area contributed by atoms with E-state index in [0.717, 1.165) is 0 Å². The summed E-state index contributed by atoms with van der Waals surface area (Å²) in [4.78, 5) is 13.0. The van der Waals surface area contributed by atoms with Gasteiger partial charge in [0, 0.05) is 19.0 Å². The summed E-state index contributed by atoms with van der Waals surface area (Å²) in [5, 5.41) is 0. The fraction of sp³-hybridized carbons (Fsp3) is 0.300. The first kappa shape index (κ1) is 9.92. The summed E-state index contributed by atoms with van der Waals surface area (Å²) in [6.45, 7) is 0.439. The van der Waals surface area contributed by atoms with E-state index in [1.165, 1.54) is 23.1 Å². The normalized spacial score (nSPS) is 21.1. The molecule has 4 nitrogen and oxygen atoms in total. The third-order valence-electron chi connectivity index (χ3n) is 2.44. The molecule has 0 saturated carbocycles. The van der Waals surface area contributed by atoms with Crippen molar-refractivity contribution in [1.29, 1.82) is 0 Å². The Morgan fingerprint density at radius 3 is 2.73 bits per heavy atom. The predicted molar refractivity (Wildman–Crippen MR) is 55.8 cm³/mol. The monoisotopic (exact) mass is 209 g/mol. The third-order valence-corrected chi connectivity index (χ3v) is 2.44. The number of anilines is 2. The molecule has 0 bridgehead atoms. The maximum Gasteiger partial charge on any atom is 0.228 e. The SMILES string of the molecule is Nc1cc(F)ccc1N1CC(N)CC1=O. The summed E-state index contributed by atoms with van der Waals surface area (Å²) >= 11 is 0. The van der Waals surface area contributed by atoms with Crippen molar-refractivity contribution in [2.24, 2.45) is 5.73 Å². The smallest absolute Gasteiger partial charge is 0.228 e. The minimum Gasteiger partial charge on any atom is -0.397 e. The van der Waals surface area contributed by atoms with Crippen molar-refractivity contribution >= 4 is 17.3 Å². The molecule has 5 heteroatoms. The molecule has 0 aromatic heterocycles. The number of nitrogen functional groups attached to an aromatic ring is 1. The Morgan fingerprint density at radius 1 is 1.47 bits per heavy atom. The molecule has 1 fully saturated rings. The lowest BCUT2D eigenvalue weighted by Crippen LogP contribution is -2.28. The van der Waals surface area contributed by atoms with Gasteiger partial charge in [-0.05, 0) is 18.2 Å². The number of benzene rings is 1. The molecule has 0 radical (unpaired) electrons. The van der Waals surface area contributed by atoms with Gasteiger partial charge in [-0.1, -0.05) is 0 Å². The number of carbonyl (C=O) groups excluding carboxylic acids is 1. The Balaban J connectivity index is 2.34. The summed E-state index contributed by atoms with van der Waals surface area (Å²) in [5.74, 6) is -0.479. The fourth-order valence-electron chi connectivity index (χ4n) is 1.74. The lowest BCUT2D eigenvalue weighted by molar-refractivity contribution is -0.117. The van der Waals surface area contributed by atoms with E-state index < -0.39 is 5.82 Å². The molecule has 2 rings (SSSR count). The van der Waals surface area contributed by atoms with Crippen LogP contribution < -0.4 is 16.4 Å². The lowest BCUT2D eigenvalue weighted by Gasteiger charge is -2.18. The molecule has 1 aromatic rings. The molecule has 0 aliphatic carbocycles. The van der Waals surface area contributed by atoms with Crippen molar-refractivity contribution in [3.05, 3.63) is 24.0 Å². The van der Waals surface area contributed by atoms with Crippen LogP contribution >= 0.6 is 0 Å². The van der Waals surface area contributed by atoms with Crippen LogP contribution in [0.5, 0.6) is 0 Å². The molecule has 1 heterocycles. The number of hydrogen-bond donors (Lipinski definition) is 2. The van der Waals surface area contributed by atoms with Crippen molar-refractivity contribution in [2.45, 2.75) is 12.5 Å². The van der Waals surface area contributed by atoms with Crippen LogP contribution in [0.25, 0.3) is 0 Å². The first-order chi connectivity index (χ1) is 7.08. The third kappa shape index (κ3) is 1.78. The summed E-state index contributed by atoms with van der Waals surface area (Å²) < 4.78 is 12.8. The van der Waals surface area contributed by atoms with Gasteiger partial charge in [0.15, 0.2) is 0 Å². The van der Waals surface area contributed by atoms with Gasteiger partial charge in [0.1, 0.15) is 5.82 Å². The van der Waals surface area contributed by atoms with E-state index in [0.29, 0.717) is 18.7 Å². The molecule has 1 atom stereocenters. The Kier molecular flexibility index (Phi) is 2.32. The molecular formula is C10H12FN3O. The minimum atomic E-state index is -0.410. The van der Waals surface area contributed by atoms with Crippen LogP contribution in [0.2, 0.25) is 0 Å². The van der Waals surface area contributed by atoms with Crippen LogP contribution in [0.1, 0.15) is 6.42 Å². The number of halogens is 1. The van der Waals surface area contributed by atoms with Gasteiger partial charge >= 0.3 is 0 Å². The zero-order valence-corrected chi connectivity index (χ0v) is 8.11. The second-order valence-corrected chi connectivity index (χ2v) is 3.67. The second-order valence-electron chi connectivity index (χ2n) is 3.67. The number of nitrogens with zero attached hydrogens (tertiary/aromatic N) is 1. The lowest BCUT2D eigenvalue weighted by atomic mass is 10.2. The number of rotatable bonds is 1. The number of amides is 1. The Labute approximate surface area is 86.7 Å². The molecule has 80 valence electrons. The van der Waals surface area contributed by atoms with Gasteiger partial charge in [-0.25, -0.2) is 4.39 Å². The van der Waals surface area contributed by atoms with Crippen LogP contribution in [0.3, 0.4) is 0 Å². The molecule has 1 amide bonds. The molecule has 1 aliphatic heterocycles. The number of nitrogens with two attached hydrogens (primary N) is 2. The molecule has 1 aliphatic rings. The number of carbonyl (C=O) groups is 1. The van der Waals surface area contributed by atoms with Crippen LogP contribution in [0.4, 0.5) is 15.8 Å². The van der Waals surface area contributed by atoms with Gasteiger partial charge in [-0.2, -0.15) is 0 Å². The van der Waals surface area contributed by atoms with E-state index in [1.54, 1.807) is 0 Å². The van der Waals surface area contributed by atoms with Crippen LogP contribution in [-0.2, 0) is 4.79 Å². The van der Waals surface area contributed by atoms with Crippen molar-refractivity contribution in [2.75, 3.05) is 17.2 Å². The van der Waals surface area contributed by atoms with E-state index in [9.17, 15) is 9.18 Å². The zero-order valence-electron chi connectivity index (χ0n) is 8.11. The maximum absolute atomic E-state index is 12.8. The predicted octanol–water partition coefficient (Wildman–Crippen LogP) is 0.472. The molecule has 1 saturated heterocycles. The summed E-state index contributed by atoms with van der Waals surface area (Å²) in [6, 6.07) is 3.82. The first-order valence-electron chi connectivity index (χ1n) is 4.69. The Bertz CT molecular complexity index is 408. The maximum atomic E-state index is 12.8.